The molecule has 2 aliphatic heterocycles. The topological polar surface area (TPSA) is 64.7 Å². The summed E-state index contributed by atoms with van der Waals surface area (Å²) in [5.74, 6) is 0.216. The number of halogens is 1. The number of hydrogen-bond acceptors (Lipinski definition) is 3. The van der Waals surface area contributed by atoms with E-state index in [4.69, 9.17) is 0 Å². The van der Waals surface area contributed by atoms with Crippen LogP contribution in [0.1, 0.15) is 33.1 Å². The Labute approximate surface area is 133 Å². The number of carbonyl (C=O) groups is 2. The van der Waals surface area contributed by atoms with Crippen LogP contribution in [0, 0.1) is 0 Å². The minimum absolute atomic E-state index is 0. The van der Waals surface area contributed by atoms with E-state index in [1.54, 1.807) is 4.90 Å². The zero-order chi connectivity index (χ0) is 14.6. The third-order valence-corrected chi connectivity index (χ3v) is 4.44. The molecule has 1 unspecified atom stereocenters. The molecule has 122 valence electrons. The van der Waals surface area contributed by atoms with E-state index in [1.807, 2.05) is 11.8 Å². The lowest BCUT2D eigenvalue weighted by Gasteiger charge is -2.39. The maximum Gasteiger partial charge on any atom is 0.317 e. The molecule has 21 heavy (non-hydrogen) atoms. The molecule has 2 fully saturated rings. The van der Waals surface area contributed by atoms with Crippen molar-refractivity contribution < 1.29 is 9.59 Å². The Balaban J connectivity index is 0.00000220. The van der Waals surface area contributed by atoms with Crippen LogP contribution in [0.4, 0.5) is 4.79 Å². The summed E-state index contributed by atoms with van der Waals surface area (Å²) in [7, 11) is 0. The summed E-state index contributed by atoms with van der Waals surface area (Å²) < 4.78 is 0. The number of carbonyl (C=O) groups excluding carboxylic acids is 2. The first-order valence-corrected chi connectivity index (χ1v) is 7.70. The lowest BCUT2D eigenvalue weighted by molar-refractivity contribution is -0.139. The van der Waals surface area contributed by atoms with Crippen LogP contribution in [0.15, 0.2) is 0 Å². The van der Waals surface area contributed by atoms with Crippen LogP contribution in [-0.4, -0.2) is 66.5 Å². The lowest BCUT2D eigenvalue weighted by Crippen LogP contribution is -2.60. The molecule has 0 aromatic heterocycles. The summed E-state index contributed by atoms with van der Waals surface area (Å²) in [6.45, 7) is 8.07. The highest BCUT2D eigenvalue weighted by molar-refractivity contribution is 5.87. The van der Waals surface area contributed by atoms with Crippen LogP contribution < -0.4 is 10.6 Å². The molecule has 0 aliphatic carbocycles. The Morgan fingerprint density at radius 2 is 1.76 bits per heavy atom. The molecule has 0 aromatic carbocycles. The Hall–Kier alpha value is -1.01. The maximum atomic E-state index is 12.7. The number of amides is 3. The molecule has 2 heterocycles. The monoisotopic (exact) mass is 318 g/mol. The largest absolute Gasteiger partial charge is 0.338 e. The van der Waals surface area contributed by atoms with Gasteiger partial charge >= 0.3 is 6.03 Å². The summed E-state index contributed by atoms with van der Waals surface area (Å²) in [5.41, 5.74) is -0.353. The standard InChI is InChI=1S/C14H26N4O2.ClH/c1-3-14(6-5-7-16-14)12(19)17-8-10-18(11-9-17)13(20)15-4-2;/h16H,3-11H2,1-2H3,(H,15,20);1H. The van der Waals surface area contributed by atoms with Gasteiger partial charge in [0.1, 0.15) is 0 Å². The molecule has 2 rings (SSSR count). The van der Waals surface area contributed by atoms with E-state index in [-0.39, 0.29) is 29.9 Å². The van der Waals surface area contributed by atoms with Crippen molar-refractivity contribution in [3.05, 3.63) is 0 Å². The molecule has 1 atom stereocenters. The first-order valence-electron chi connectivity index (χ1n) is 7.70. The minimum Gasteiger partial charge on any atom is -0.338 e. The zero-order valence-corrected chi connectivity index (χ0v) is 13.8. The van der Waals surface area contributed by atoms with Crippen molar-refractivity contribution in [2.24, 2.45) is 0 Å². The normalized spacial score (nSPS) is 25.4. The van der Waals surface area contributed by atoms with Crippen molar-refractivity contribution in [3.63, 3.8) is 0 Å². The molecular weight excluding hydrogens is 292 g/mol. The van der Waals surface area contributed by atoms with Gasteiger partial charge in [-0.05, 0) is 32.7 Å². The summed E-state index contributed by atoms with van der Waals surface area (Å²) in [6, 6.07) is -0.0243. The number of nitrogens with zero attached hydrogens (tertiary/aromatic N) is 2. The Morgan fingerprint density at radius 1 is 1.14 bits per heavy atom. The predicted molar refractivity (Wildman–Crippen MR) is 84.7 cm³/mol. The molecule has 2 N–H and O–H groups in total. The van der Waals surface area contributed by atoms with Gasteiger partial charge in [0.15, 0.2) is 0 Å². The SMILES string of the molecule is CCNC(=O)N1CCN(C(=O)C2(CC)CCCN2)CC1.Cl. The highest BCUT2D eigenvalue weighted by atomic mass is 35.5. The van der Waals surface area contributed by atoms with Gasteiger partial charge in [0.2, 0.25) is 5.91 Å². The van der Waals surface area contributed by atoms with Crippen LogP contribution >= 0.6 is 12.4 Å². The van der Waals surface area contributed by atoms with Gasteiger partial charge in [-0.2, -0.15) is 0 Å². The molecular formula is C14H27ClN4O2. The second-order valence-electron chi connectivity index (χ2n) is 5.58. The van der Waals surface area contributed by atoms with Gasteiger partial charge in [-0.1, -0.05) is 6.92 Å². The molecule has 6 nitrogen and oxygen atoms in total. The van der Waals surface area contributed by atoms with Crippen LogP contribution in [0.3, 0.4) is 0 Å². The lowest BCUT2D eigenvalue weighted by atomic mass is 9.92. The second kappa shape index (κ2) is 7.84. The van der Waals surface area contributed by atoms with Crippen LogP contribution in [0.2, 0.25) is 0 Å². The van der Waals surface area contributed by atoms with E-state index >= 15 is 0 Å². The molecule has 2 aliphatic rings. The maximum absolute atomic E-state index is 12.7. The van der Waals surface area contributed by atoms with Gasteiger partial charge in [0.05, 0.1) is 5.54 Å². The van der Waals surface area contributed by atoms with E-state index in [0.717, 1.165) is 25.8 Å². The van der Waals surface area contributed by atoms with Gasteiger partial charge in [0.25, 0.3) is 0 Å². The quantitative estimate of drug-likeness (QED) is 0.809. The number of rotatable bonds is 3. The van der Waals surface area contributed by atoms with E-state index in [0.29, 0.717) is 32.7 Å². The third-order valence-electron chi connectivity index (χ3n) is 4.44. The molecule has 7 heteroatoms. The van der Waals surface area contributed by atoms with Gasteiger partial charge < -0.3 is 20.4 Å². The first kappa shape index (κ1) is 18.0. The Bertz CT molecular complexity index is 364. The van der Waals surface area contributed by atoms with Crippen LogP contribution in [-0.2, 0) is 4.79 Å². The van der Waals surface area contributed by atoms with Crippen molar-refractivity contribution in [2.75, 3.05) is 39.3 Å². The van der Waals surface area contributed by atoms with E-state index in [1.165, 1.54) is 0 Å². The molecule has 0 bridgehead atoms. The predicted octanol–water partition coefficient (Wildman–Crippen LogP) is 0.814. The molecule has 0 spiro atoms. The summed E-state index contributed by atoms with van der Waals surface area (Å²) >= 11 is 0. The van der Waals surface area contributed by atoms with E-state index in [2.05, 4.69) is 17.6 Å². The van der Waals surface area contributed by atoms with E-state index in [9.17, 15) is 9.59 Å². The molecule has 2 saturated heterocycles. The van der Waals surface area contributed by atoms with Gasteiger partial charge in [0, 0.05) is 32.7 Å². The number of urea groups is 1. The molecule has 0 radical (unpaired) electrons. The Morgan fingerprint density at radius 3 is 2.24 bits per heavy atom. The van der Waals surface area contributed by atoms with Gasteiger partial charge in [-0.15, -0.1) is 12.4 Å². The minimum atomic E-state index is -0.353. The highest BCUT2D eigenvalue weighted by Gasteiger charge is 2.42. The van der Waals surface area contributed by atoms with Crippen molar-refractivity contribution in [3.8, 4) is 0 Å². The molecule has 0 aromatic rings. The van der Waals surface area contributed by atoms with Gasteiger partial charge in [-0.3, -0.25) is 4.79 Å². The number of nitrogens with one attached hydrogen (secondary N) is 2. The van der Waals surface area contributed by atoms with Crippen LogP contribution in [0.25, 0.3) is 0 Å². The van der Waals surface area contributed by atoms with E-state index < -0.39 is 0 Å². The van der Waals surface area contributed by atoms with Crippen molar-refractivity contribution in [2.45, 2.75) is 38.6 Å². The smallest absolute Gasteiger partial charge is 0.317 e. The van der Waals surface area contributed by atoms with Crippen molar-refractivity contribution in [1.82, 2.24) is 20.4 Å². The van der Waals surface area contributed by atoms with Gasteiger partial charge in [-0.25, -0.2) is 4.79 Å². The fraction of sp³-hybridized carbons (Fsp3) is 0.857. The third kappa shape index (κ3) is 3.80. The van der Waals surface area contributed by atoms with Crippen molar-refractivity contribution >= 4 is 24.3 Å². The average molecular weight is 319 g/mol. The zero-order valence-electron chi connectivity index (χ0n) is 13.0. The molecule has 0 saturated carbocycles. The highest BCUT2D eigenvalue weighted by Crippen LogP contribution is 2.26. The second-order valence-corrected chi connectivity index (χ2v) is 5.58. The van der Waals surface area contributed by atoms with Crippen LogP contribution in [0.5, 0.6) is 0 Å². The summed E-state index contributed by atoms with van der Waals surface area (Å²) in [6.07, 6.45) is 2.83. The summed E-state index contributed by atoms with van der Waals surface area (Å²) in [5, 5.41) is 6.19. The van der Waals surface area contributed by atoms with Crippen molar-refractivity contribution in [1.29, 1.82) is 0 Å². The fourth-order valence-electron chi connectivity index (χ4n) is 3.12. The first-order chi connectivity index (χ1) is 9.63. The number of piperazine rings is 1. The Kier molecular flexibility index (Phi) is 6.74. The molecule has 3 amide bonds. The average Bonchev–Trinajstić information content (AvgIpc) is 2.97. The fourth-order valence-corrected chi connectivity index (χ4v) is 3.12. The summed E-state index contributed by atoms with van der Waals surface area (Å²) in [4.78, 5) is 28.1. The number of hydrogen-bond donors (Lipinski definition) is 2.